The van der Waals surface area contributed by atoms with Gasteiger partial charge in [-0.2, -0.15) is 0 Å². The van der Waals surface area contributed by atoms with E-state index < -0.39 is 17.6 Å². The van der Waals surface area contributed by atoms with E-state index in [0.717, 1.165) is 16.7 Å². The van der Waals surface area contributed by atoms with Gasteiger partial charge in [-0.1, -0.05) is 68.4 Å². The molecule has 5 amide bonds. The highest BCUT2D eigenvalue weighted by atomic mass is 16.5. The molecule has 11 nitrogen and oxygen atoms in total. The number of rotatable bonds is 15. The zero-order valence-electron chi connectivity index (χ0n) is 29.5. The number of aryl methyl sites for hydroxylation is 1. The number of methoxy groups -OCH3 is 1. The molecule has 0 aromatic heterocycles. The van der Waals surface area contributed by atoms with Crippen LogP contribution in [0.2, 0.25) is 0 Å². The Labute approximate surface area is 289 Å². The molecule has 11 heteroatoms. The van der Waals surface area contributed by atoms with Gasteiger partial charge in [0.2, 0.25) is 0 Å². The molecule has 0 spiro atoms. The molecule has 2 atom stereocenters. The molecule has 1 aliphatic heterocycles. The van der Waals surface area contributed by atoms with E-state index in [4.69, 9.17) is 9.47 Å². The summed E-state index contributed by atoms with van der Waals surface area (Å²) in [5, 5.41) is 9.15. The van der Waals surface area contributed by atoms with Crippen LogP contribution in [-0.4, -0.2) is 65.6 Å². The maximum Gasteiger partial charge on any atom is 0.328 e. The maximum atomic E-state index is 14.1. The Bertz CT molecular complexity index is 1630. The van der Waals surface area contributed by atoms with Crippen LogP contribution in [0, 0.1) is 12.8 Å². The van der Waals surface area contributed by atoms with E-state index in [9.17, 15) is 19.2 Å². The second-order valence-electron chi connectivity index (χ2n) is 13.2. The molecule has 1 fully saturated rings. The molecule has 3 aromatic rings. The number of benzene rings is 3. The van der Waals surface area contributed by atoms with Crippen LogP contribution in [0.5, 0.6) is 5.75 Å². The number of para-hydroxylation sites is 1. The minimum absolute atomic E-state index is 0.117. The molecule has 49 heavy (non-hydrogen) atoms. The quantitative estimate of drug-likeness (QED) is 0.119. The third-order valence-electron chi connectivity index (χ3n) is 8.69. The minimum atomic E-state index is -1.12. The van der Waals surface area contributed by atoms with E-state index in [1.807, 2.05) is 61.5 Å². The fourth-order valence-corrected chi connectivity index (χ4v) is 6.04. The summed E-state index contributed by atoms with van der Waals surface area (Å²) in [5.41, 5.74) is 2.61. The summed E-state index contributed by atoms with van der Waals surface area (Å²) in [5.74, 6) is -0.00388. The van der Waals surface area contributed by atoms with Crippen LogP contribution in [0.1, 0.15) is 70.2 Å². The molecule has 0 bridgehead atoms. The van der Waals surface area contributed by atoms with Crippen molar-refractivity contribution in [3.63, 3.8) is 0 Å². The number of carbonyl (C=O) groups is 4. The Kier molecular flexibility index (Phi) is 12.4. The number of anilines is 2. The number of imide groups is 1. The Morgan fingerprint density at radius 2 is 1.59 bits per heavy atom. The summed E-state index contributed by atoms with van der Waals surface area (Å²) >= 11 is 0. The van der Waals surface area contributed by atoms with Crippen molar-refractivity contribution in [1.82, 2.24) is 15.1 Å². The van der Waals surface area contributed by atoms with Crippen molar-refractivity contribution in [3.8, 4) is 5.75 Å². The van der Waals surface area contributed by atoms with Gasteiger partial charge in [-0.25, -0.2) is 9.59 Å². The largest absolute Gasteiger partial charge is 0.495 e. The first-order valence-corrected chi connectivity index (χ1v) is 16.7. The lowest BCUT2D eigenvalue weighted by Gasteiger charge is -2.30. The lowest BCUT2D eigenvalue weighted by Crippen LogP contribution is -2.48. The molecule has 4 rings (SSSR count). The lowest BCUT2D eigenvalue weighted by molar-refractivity contribution is -0.144. The van der Waals surface area contributed by atoms with Gasteiger partial charge in [0.25, 0.3) is 5.91 Å². The molecule has 1 unspecified atom stereocenters. The van der Waals surface area contributed by atoms with Gasteiger partial charge in [0, 0.05) is 24.8 Å². The number of nitrogens with zero attached hydrogens (tertiary/aromatic N) is 2. The second-order valence-corrected chi connectivity index (χ2v) is 13.2. The summed E-state index contributed by atoms with van der Waals surface area (Å²) in [7, 11) is 1.51. The monoisotopic (exact) mass is 671 g/mol. The molecule has 262 valence electrons. The fourth-order valence-electron chi connectivity index (χ4n) is 6.04. The standard InChI is InChI=1S/C38H49N5O6/c1-8-49-34(44)22-32(28-15-10-9-11-16-28)39-23-29(20-25(2)3)43-35(45)38(5,6)42(37(43)47)24-27-18-19-31(33(21-27)48-7)41-36(46)40-30-17-13-12-14-26(30)4/h9-19,21,25,29,32,39H,8,20,22-24H2,1-7H3,(H2,40,41,46)/t29-,32?/m0/s1. The normalized spacial score (nSPS) is 15.3. The number of urea groups is 2. The number of esters is 1. The van der Waals surface area contributed by atoms with E-state index in [1.54, 1.807) is 43.9 Å². The zero-order valence-corrected chi connectivity index (χ0v) is 29.5. The topological polar surface area (TPSA) is 129 Å². The lowest BCUT2D eigenvalue weighted by atomic mass is 9.98. The summed E-state index contributed by atoms with van der Waals surface area (Å²) in [6, 6.07) is 20.8. The van der Waals surface area contributed by atoms with Gasteiger partial charge in [-0.05, 0) is 74.9 Å². The molecular weight excluding hydrogens is 622 g/mol. The molecule has 3 aromatic carbocycles. The van der Waals surface area contributed by atoms with Gasteiger partial charge >= 0.3 is 18.0 Å². The summed E-state index contributed by atoms with van der Waals surface area (Å²) in [6.45, 7) is 12.0. The average molecular weight is 672 g/mol. The van der Waals surface area contributed by atoms with Crippen LogP contribution in [0.3, 0.4) is 0 Å². The predicted octanol–water partition coefficient (Wildman–Crippen LogP) is 6.89. The predicted molar refractivity (Wildman–Crippen MR) is 190 cm³/mol. The van der Waals surface area contributed by atoms with Crippen LogP contribution >= 0.6 is 0 Å². The summed E-state index contributed by atoms with van der Waals surface area (Å²) in [4.78, 5) is 56.3. The van der Waals surface area contributed by atoms with E-state index >= 15 is 0 Å². The summed E-state index contributed by atoms with van der Waals surface area (Å²) in [6.07, 6.45) is 0.695. The molecular formula is C38H49N5O6. The number of nitrogens with one attached hydrogen (secondary N) is 3. The number of amides is 5. The first-order chi connectivity index (χ1) is 23.3. The van der Waals surface area contributed by atoms with Crippen LogP contribution < -0.4 is 20.7 Å². The van der Waals surface area contributed by atoms with Crippen molar-refractivity contribution < 1.29 is 28.7 Å². The summed E-state index contributed by atoms with van der Waals surface area (Å²) < 4.78 is 10.8. The van der Waals surface area contributed by atoms with Crippen LogP contribution in [0.4, 0.5) is 21.0 Å². The van der Waals surface area contributed by atoms with Crippen molar-refractivity contribution in [2.24, 2.45) is 5.92 Å². The first-order valence-electron chi connectivity index (χ1n) is 16.7. The van der Waals surface area contributed by atoms with Crippen LogP contribution in [0.25, 0.3) is 0 Å². The minimum Gasteiger partial charge on any atom is -0.495 e. The highest BCUT2D eigenvalue weighted by Crippen LogP contribution is 2.34. The molecule has 0 saturated carbocycles. The number of carbonyl (C=O) groups excluding carboxylic acids is 4. The second kappa shape index (κ2) is 16.5. The molecule has 0 aliphatic carbocycles. The smallest absolute Gasteiger partial charge is 0.328 e. The Morgan fingerprint density at radius 1 is 0.918 bits per heavy atom. The van der Waals surface area contributed by atoms with E-state index in [0.29, 0.717) is 30.1 Å². The van der Waals surface area contributed by atoms with E-state index in [1.165, 1.54) is 12.0 Å². The van der Waals surface area contributed by atoms with Crippen molar-refractivity contribution >= 4 is 35.3 Å². The van der Waals surface area contributed by atoms with Gasteiger partial charge in [-0.3, -0.25) is 14.5 Å². The van der Waals surface area contributed by atoms with E-state index in [2.05, 4.69) is 29.8 Å². The highest BCUT2D eigenvalue weighted by Gasteiger charge is 2.53. The zero-order chi connectivity index (χ0) is 35.7. The molecule has 3 N–H and O–H groups in total. The fraction of sp³-hybridized carbons (Fsp3) is 0.421. The molecule has 1 saturated heterocycles. The first kappa shape index (κ1) is 36.9. The van der Waals surface area contributed by atoms with Crippen molar-refractivity contribution in [1.29, 1.82) is 0 Å². The maximum absolute atomic E-state index is 14.1. The number of hydrogen-bond acceptors (Lipinski definition) is 7. The Balaban J connectivity index is 1.52. The number of hydrogen-bond donors (Lipinski definition) is 3. The average Bonchev–Trinajstić information content (AvgIpc) is 3.23. The van der Waals surface area contributed by atoms with Gasteiger partial charge < -0.3 is 30.3 Å². The van der Waals surface area contributed by atoms with E-state index in [-0.39, 0.29) is 49.4 Å². The molecule has 1 aliphatic rings. The third kappa shape index (κ3) is 9.17. The van der Waals surface area contributed by atoms with Crippen LogP contribution in [0.15, 0.2) is 72.8 Å². The van der Waals surface area contributed by atoms with Gasteiger partial charge in [-0.15, -0.1) is 0 Å². The molecule has 0 radical (unpaired) electrons. The van der Waals surface area contributed by atoms with Crippen molar-refractivity contribution in [2.45, 2.75) is 78.6 Å². The van der Waals surface area contributed by atoms with Gasteiger partial charge in [0.1, 0.15) is 11.3 Å². The van der Waals surface area contributed by atoms with Crippen molar-refractivity contribution in [2.75, 3.05) is 30.9 Å². The Hall–Kier alpha value is -4.90. The van der Waals surface area contributed by atoms with Gasteiger partial charge in [0.15, 0.2) is 0 Å². The SMILES string of the molecule is CCOC(=O)CC(NC[C@H](CC(C)C)N1C(=O)N(Cc2ccc(NC(=O)Nc3ccccc3C)c(OC)c2)C(C)(C)C1=O)c1ccccc1. The van der Waals surface area contributed by atoms with Gasteiger partial charge in [0.05, 0.1) is 31.9 Å². The van der Waals surface area contributed by atoms with Crippen LogP contribution in [-0.2, 0) is 20.9 Å². The van der Waals surface area contributed by atoms with Crippen molar-refractivity contribution in [3.05, 3.63) is 89.5 Å². The third-order valence-corrected chi connectivity index (χ3v) is 8.69. The molecule has 1 heterocycles. The highest BCUT2D eigenvalue weighted by molar-refractivity contribution is 6.07. The Morgan fingerprint density at radius 3 is 2.24 bits per heavy atom. The number of ether oxygens (including phenoxy) is 2.